The van der Waals surface area contributed by atoms with Gasteiger partial charge in [-0.3, -0.25) is 4.79 Å². The molecule has 0 aliphatic heterocycles. The molecular weight excluding hydrogens is 270 g/mol. The summed E-state index contributed by atoms with van der Waals surface area (Å²) in [6.45, 7) is 0.558. The molecular formula is C15H19N3O3. The van der Waals surface area contributed by atoms with Crippen LogP contribution in [0.1, 0.15) is 18.4 Å². The van der Waals surface area contributed by atoms with Crippen LogP contribution in [0.2, 0.25) is 0 Å². The number of ether oxygens (including phenoxy) is 2. The summed E-state index contributed by atoms with van der Waals surface area (Å²) in [6, 6.07) is 7.92. The van der Waals surface area contributed by atoms with Crippen LogP contribution in [0.3, 0.4) is 0 Å². The van der Waals surface area contributed by atoms with Crippen molar-refractivity contribution < 1.29 is 14.3 Å². The van der Waals surface area contributed by atoms with Crippen LogP contribution in [0.15, 0.2) is 18.2 Å². The second kappa shape index (κ2) is 7.50. The van der Waals surface area contributed by atoms with E-state index in [1.807, 2.05) is 12.1 Å². The molecule has 1 aromatic rings. The molecule has 0 heterocycles. The Labute approximate surface area is 124 Å². The van der Waals surface area contributed by atoms with Crippen molar-refractivity contribution in [2.24, 2.45) is 0 Å². The summed E-state index contributed by atoms with van der Waals surface area (Å²) in [6.07, 6.45) is 2.41. The van der Waals surface area contributed by atoms with Gasteiger partial charge in [-0.15, -0.1) is 0 Å². The van der Waals surface area contributed by atoms with Crippen LogP contribution >= 0.6 is 0 Å². The summed E-state index contributed by atoms with van der Waals surface area (Å²) in [5.74, 6) is 1.09. The second-order valence-corrected chi connectivity index (χ2v) is 4.85. The number of amides is 1. The molecule has 1 aliphatic rings. The largest absolute Gasteiger partial charge is 0.497 e. The lowest BCUT2D eigenvalue weighted by atomic mass is 10.2. The number of nitrogens with zero attached hydrogens (tertiary/aromatic N) is 1. The lowest BCUT2D eigenvalue weighted by Crippen LogP contribution is -2.29. The Kier molecular flexibility index (Phi) is 5.41. The fraction of sp³-hybridized carbons (Fsp3) is 0.467. The van der Waals surface area contributed by atoms with Crippen LogP contribution in [0.4, 0.5) is 0 Å². The van der Waals surface area contributed by atoms with Crippen LogP contribution in [-0.2, 0) is 11.3 Å². The van der Waals surface area contributed by atoms with Crippen molar-refractivity contribution in [3.63, 3.8) is 0 Å². The summed E-state index contributed by atoms with van der Waals surface area (Å²) in [7, 11) is 1.61. The summed E-state index contributed by atoms with van der Waals surface area (Å²) in [4.78, 5) is 11.5. The maximum atomic E-state index is 11.5. The SMILES string of the molecule is COc1ccc(OCC(=O)NCC#N)c(CNC2CC2)c1. The Morgan fingerprint density at radius 1 is 1.48 bits per heavy atom. The third-order valence-electron chi connectivity index (χ3n) is 3.15. The number of hydrogen-bond acceptors (Lipinski definition) is 5. The normalized spacial score (nSPS) is 13.3. The van der Waals surface area contributed by atoms with Gasteiger partial charge in [0.05, 0.1) is 13.2 Å². The summed E-state index contributed by atoms with van der Waals surface area (Å²) in [5.41, 5.74) is 0.953. The molecule has 0 atom stereocenters. The molecule has 21 heavy (non-hydrogen) atoms. The predicted molar refractivity (Wildman–Crippen MR) is 77.0 cm³/mol. The Hall–Kier alpha value is -2.26. The summed E-state index contributed by atoms with van der Waals surface area (Å²) < 4.78 is 10.7. The molecule has 1 fully saturated rings. The van der Waals surface area contributed by atoms with Crippen molar-refractivity contribution in [2.45, 2.75) is 25.4 Å². The molecule has 1 aromatic carbocycles. The van der Waals surface area contributed by atoms with Gasteiger partial charge in [-0.2, -0.15) is 5.26 Å². The quantitative estimate of drug-likeness (QED) is 0.697. The van der Waals surface area contributed by atoms with E-state index in [1.54, 1.807) is 19.2 Å². The van der Waals surface area contributed by atoms with E-state index in [0.29, 0.717) is 18.3 Å². The van der Waals surface area contributed by atoms with Gasteiger partial charge in [0.1, 0.15) is 18.0 Å². The molecule has 0 bridgehead atoms. The average molecular weight is 289 g/mol. The first kappa shape index (κ1) is 15.1. The van der Waals surface area contributed by atoms with Crippen molar-refractivity contribution in [1.29, 1.82) is 5.26 Å². The molecule has 1 aliphatic carbocycles. The molecule has 1 amide bonds. The van der Waals surface area contributed by atoms with Crippen molar-refractivity contribution in [3.05, 3.63) is 23.8 Å². The van der Waals surface area contributed by atoms with Crippen LogP contribution in [0, 0.1) is 11.3 Å². The molecule has 0 unspecified atom stereocenters. The predicted octanol–water partition coefficient (Wildman–Crippen LogP) is 0.966. The molecule has 0 aromatic heterocycles. The van der Waals surface area contributed by atoms with Crippen molar-refractivity contribution in [1.82, 2.24) is 10.6 Å². The molecule has 112 valence electrons. The number of rotatable bonds is 8. The zero-order valence-corrected chi connectivity index (χ0v) is 12.0. The smallest absolute Gasteiger partial charge is 0.258 e. The van der Waals surface area contributed by atoms with Crippen LogP contribution < -0.4 is 20.1 Å². The highest BCUT2D eigenvalue weighted by atomic mass is 16.5. The number of methoxy groups -OCH3 is 1. The summed E-state index contributed by atoms with van der Waals surface area (Å²) in [5, 5.41) is 14.2. The van der Waals surface area contributed by atoms with Gasteiger partial charge < -0.3 is 20.1 Å². The highest BCUT2D eigenvalue weighted by Gasteiger charge is 2.21. The van der Waals surface area contributed by atoms with Gasteiger partial charge in [0.2, 0.25) is 0 Å². The molecule has 0 radical (unpaired) electrons. The summed E-state index contributed by atoms with van der Waals surface area (Å²) >= 11 is 0. The number of nitriles is 1. The Bertz CT molecular complexity index is 535. The van der Waals surface area contributed by atoms with Gasteiger partial charge in [0.15, 0.2) is 6.61 Å². The van der Waals surface area contributed by atoms with E-state index in [1.165, 1.54) is 12.8 Å². The molecule has 2 rings (SSSR count). The first-order valence-electron chi connectivity index (χ1n) is 6.89. The standard InChI is InChI=1S/C15H19N3O3/c1-20-13-4-5-14(21-10-15(19)17-7-6-16)11(8-13)9-18-12-2-3-12/h4-5,8,12,18H,2-3,7,9-10H2,1H3,(H,17,19). The van der Waals surface area contributed by atoms with Crippen molar-refractivity contribution in [3.8, 4) is 17.6 Å². The van der Waals surface area contributed by atoms with Gasteiger partial charge in [-0.05, 0) is 31.0 Å². The fourth-order valence-electron chi connectivity index (χ4n) is 1.84. The Morgan fingerprint density at radius 3 is 2.95 bits per heavy atom. The van der Waals surface area contributed by atoms with E-state index in [2.05, 4.69) is 10.6 Å². The fourth-order valence-corrected chi connectivity index (χ4v) is 1.84. The first-order chi connectivity index (χ1) is 10.2. The molecule has 6 nitrogen and oxygen atoms in total. The minimum atomic E-state index is -0.312. The highest BCUT2D eigenvalue weighted by molar-refractivity contribution is 5.77. The highest BCUT2D eigenvalue weighted by Crippen LogP contribution is 2.26. The van der Waals surface area contributed by atoms with E-state index < -0.39 is 0 Å². The zero-order chi connectivity index (χ0) is 15.1. The number of carbonyl (C=O) groups excluding carboxylic acids is 1. The first-order valence-corrected chi connectivity index (χ1v) is 6.89. The van der Waals surface area contributed by atoms with Crippen LogP contribution in [0.25, 0.3) is 0 Å². The van der Waals surface area contributed by atoms with Crippen molar-refractivity contribution in [2.75, 3.05) is 20.3 Å². The van der Waals surface area contributed by atoms with Gasteiger partial charge in [0, 0.05) is 18.2 Å². The molecule has 0 saturated heterocycles. The average Bonchev–Trinajstić information content (AvgIpc) is 3.33. The van der Waals surface area contributed by atoms with Crippen LogP contribution in [0.5, 0.6) is 11.5 Å². The van der Waals surface area contributed by atoms with Crippen molar-refractivity contribution >= 4 is 5.91 Å². The number of hydrogen-bond donors (Lipinski definition) is 2. The maximum absolute atomic E-state index is 11.5. The lowest BCUT2D eigenvalue weighted by Gasteiger charge is -2.13. The number of carbonyl (C=O) groups is 1. The van der Waals surface area contributed by atoms with E-state index in [0.717, 1.165) is 11.3 Å². The molecule has 6 heteroatoms. The lowest BCUT2D eigenvalue weighted by molar-refractivity contribution is -0.122. The van der Waals surface area contributed by atoms with Gasteiger partial charge >= 0.3 is 0 Å². The van der Waals surface area contributed by atoms with Crippen LogP contribution in [-0.4, -0.2) is 32.2 Å². The van der Waals surface area contributed by atoms with Gasteiger partial charge in [0.25, 0.3) is 5.91 Å². The Balaban J connectivity index is 1.95. The van der Waals surface area contributed by atoms with Gasteiger partial charge in [-0.25, -0.2) is 0 Å². The van der Waals surface area contributed by atoms with E-state index in [9.17, 15) is 4.79 Å². The molecule has 1 saturated carbocycles. The second-order valence-electron chi connectivity index (χ2n) is 4.85. The third-order valence-corrected chi connectivity index (χ3v) is 3.15. The van der Waals surface area contributed by atoms with E-state index in [-0.39, 0.29) is 19.1 Å². The molecule has 0 spiro atoms. The third kappa shape index (κ3) is 4.97. The zero-order valence-electron chi connectivity index (χ0n) is 12.0. The van der Waals surface area contributed by atoms with E-state index in [4.69, 9.17) is 14.7 Å². The topological polar surface area (TPSA) is 83.4 Å². The minimum Gasteiger partial charge on any atom is -0.497 e. The maximum Gasteiger partial charge on any atom is 0.258 e. The monoisotopic (exact) mass is 289 g/mol. The Morgan fingerprint density at radius 2 is 2.29 bits per heavy atom. The minimum absolute atomic E-state index is 0.0130. The van der Waals surface area contributed by atoms with E-state index >= 15 is 0 Å². The molecule has 2 N–H and O–H groups in total. The number of benzene rings is 1. The number of nitrogens with one attached hydrogen (secondary N) is 2. The van der Waals surface area contributed by atoms with Gasteiger partial charge in [-0.1, -0.05) is 0 Å².